The molecule has 5 nitrogen and oxygen atoms in total. The number of carbonyl (C=O) groups excluding carboxylic acids is 2. The molecule has 4 saturated carbocycles. The Morgan fingerprint density at radius 1 is 1.03 bits per heavy atom. The van der Waals surface area contributed by atoms with Crippen LogP contribution in [0, 0.1) is 29.1 Å². The van der Waals surface area contributed by atoms with Crippen LogP contribution in [-0.2, 0) is 14.4 Å². The monoisotopic (exact) mass is 443 g/mol. The fourth-order valence-electron chi connectivity index (χ4n) is 6.50. The van der Waals surface area contributed by atoms with Gasteiger partial charge in [0.25, 0.3) is 0 Å². The second-order valence-corrected chi connectivity index (χ2v) is 11.2. The summed E-state index contributed by atoms with van der Waals surface area (Å²) in [6, 6.07) is 8.82. The van der Waals surface area contributed by atoms with Crippen LogP contribution in [0.4, 0.5) is 0 Å². The summed E-state index contributed by atoms with van der Waals surface area (Å²) in [7, 11) is 0. The first kappa shape index (κ1) is 22.4. The largest absolute Gasteiger partial charge is 0.480 e. The summed E-state index contributed by atoms with van der Waals surface area (Å²) >= 11 is 1.31. The van der Waals surface area contributed by atoms with Crippen molar-refractivity contribution in [1.29, 1.82) is 0 Å². The first-order chi connectivity index (χ1) is 14.8. The Balaban J connectivity index is 1.47. The number of hydrogen-bond donors (Lipinski definition) is 2. The van der Waals surface area contributed by atoms with Crippen LogP contribution in [0.5, 0.6) is 0 Å². The van der Waals surface area contributed by atoms with Gasteiger partial charge in [0, 0.05) is 11.2 Å². The number of carbonyl (C=O) groups is 3. The zero-order valence-corrected chi connectivity index (χ0v) is 19.2. The summed E-state index contributed by atoms with van der Waals surface area (Å²) in [4.78, 5) is 37.7. The van der Waals surface area contributed by atoms with Crippen molar-refractivity contribution >= 4 is 28.8 Å². The highest BCUT2D eigenvalue weighted by molar-refractivity contribution is 8.13. The number of carboxylic acids is 1. The predicted molar refractivity (Wildman–Crippen MR) is 122 cm³/mol. The summed E-state index contributed by atoms with van der Waals surface area (Å²) in [5.74, 6) is 0.563. The van der Waals surface area contributed by atoms with Gasteiger partial charge in [-0.25, -0.2) is 0 Å². The number of thioether (sulfide) groups is 1. The highest BCUT2D eigenvalue weighted by atomic mass is 32.2. The fourth-order valence-corrected chi connectivity index (χ4v) is 7.82. The van der Waals surface area contributed by atoms with Crippen LogP contribution < -0.4 is 5.32 Å². The maximum atomic E-state index is 13.5. The maximum absolute atomic E-state index is 13.5. The van der Waals surface area contributed by atoms with E-state index in [0.29, 0.717) is 23.5 Å². The Morgan fingerprint density at radius 2 is 1.58 bits per heavy atom. The second kappa shape index (κ2) is 8.97. The number of nitrogens with one attached hydrogen (secondary N) is 1. The van der Waals surface area contributed by atoms with Gasteiger partial charge in [0.1, 0.15) is 6.04 Å². The lowest BCUT2D eigenvalue weighted by molar-refractivity contribution is -0.142. The summed E-state index contributed by atoms with van der Waals surface area (Å²) in [5.41, 5.74) is 0.832. The van der Waals surface area contributed by atoms with E-state index in [-0.39, 0.29) is 22.4 Å². The van der Waals surface area contributed by atoms with Crippen molar-refractivity contribution in [3.05, 3.63) is 35.9 Å². The van der Waals surface area contributed by atoms with Gasteiger partial charge in [0.05, 0.1) is 5.92 Å². The zero-order chi connectivity index (χ0) is 22.2. The average Bonchev–Trinajstić information content (AvgIpc) is 2.73. The van der Waals surface area contributed by atoms with Crippen molar-refractivity contribution < 1.29 is 19.5 Å². The van der Waals surface area contributed by atoms with E-state index in [1.54, 1.807) is 0 Å². The van der Waals surface area contributed by atoms with Crippen molar-refractivity contribution in [3.8, 4) is 0 Å². The van der Waals surface area contributed by atoms with E-state index in [9.17, 15) is 19.5 Å². The molecular formula is C25H33NO4S. The molecule has 168 valence electrons. The predicted octanol–water partition coefficient (Wildman–Crippen LogP) is 4.47. The minimum absolute atomic E-state index is 0.112. The Kier molecular flexibility index (Phi) is 6.47. The van der Waals surface area contributed by atoms with Crippen LogP contribution in [0.3, 0.4) is 0 Å². The van der Waals surface area contributed by atoms with Crippen LogP contribution in [0.2, 0.25) is 0 Å². The minimum Gasteiger partial charge on any atom is -0.480 e. The fraction of sp³-hybridized carbons (Fsp3) is 0.640. The van der Waals surface area contributed by atoms with Gasteiger partial charge in [-0.1, -0.05) is 49.0 Å². The molecule has 1 aromatic carbocycles. The Hall–Kier alpha value is -1.82. The van der Waals surface area contributed by atoms with Gasteiger partial charge in [-0.3, -0.25) is 14.4 Å². The standard InChI is InChI=1S/C25H33NO4S/c1-15(20-6-4-3-5-7-20)21(22(27)26-16(2)23(28)29)14-31-24(30)25-11-17-8-18(12-25)10-19(9-17)13-25/h3-7,15-19,21H,8-14H2,1-2H3,(H,26,27)(H,28,29)/t15-,16+,17?,18?,19?,21+,25?/m1/s1. The molecule has 1 aromatic rings. The van der Waals surface area contributed by atoms with E-state index in [1.165, 1.54) is 37.9 Å². The molecular weight excluding hydrogens is 410 g/mol. The lowest BCUT2D eigenvalue weighted by Gasteiger charge is -2.55. The second-order valence-electron chi connectivity index (χ2n) is 10.2. The van der Waals surface area contributed by atoms with Gasteiger partial charge >= 0.3 is 5.97 Å². The van der Waals surface area contributed by atoms with Gasteiger partial charge in [-0.05, 0) is 74.7 Å². The first-order valence-electron chi connectivity index (χ1n) is 11.5. The molecule has 2 N–H and O–H groups in total. The molecule has 1 amide bonds. The van der Waals surface area contributed by atoms with Crippen LogP contribution in [0.25, 0.3) is 0 Å². The SMILES string of the molecule is C[C@H](NC(=O)[C@@H](CSC(=O)C12CC3CC(CC(C3)C1)C2)[C@H](C)c1ccccc1)C(=O)O. The molecule has 0 aromatic heterocycles. The van der Waals surface area contributed by atoms with E-state index >= 15 is 0 Å². The number of hydrogen-bond acceptors (Lipinski definition) is 4. The lowest BCUT2D eigenvalue weighted by atomic mass is 9.50. The molecule has 31 heavy (non-hydrogen) atoms. The van der Waals surface area contributed by atoms with Crippen molar-refractivity contribution in [1.82, 2.24) is 5.32 Å². The van der Waals surface area contributed by atoms with Crippen LogP contribution in [-0.4, -0.2) is 33.9 Å². The van der Waals surface area contributed by atoms with Gasteiger partial charge in [0.2, 0.25) is 5.91 Å². The van der Waals surface area contributed by atoms with Crippen molar-refractivity contribution in [3.63, 3.8) is 0 Å². The number of benzene rings is 1. The summed E-state index contributed by atoms with van der Waals surface area (Å²) in [6.07, 6.45) is 6.94. The highest BCUT2D eigenvalue weighted by Crippen LogP contribution is 2.61. The smallest absolute Gasteiger partial charge is 0.325 e. The third-order valence-corrected chi connectivity index (χ3v) is 9.08. The molecule has 0 aliphatic heterocycles. The molecule has 4 bridgehead atoms. The number of carboxylic acid groups (broad SMARTS) is 1. The summed E-state index contributed by atoms with van der Waals surface area (Å²) in [6.45, 7) is 3.46. The van der Waals surface area contributed by atoms with Gasteiger partial charge in [-0.2, -0.15) is 0 Å². The molecule has 0 radical (unpaired) electrons. The third kappa shape index (κ3) is 4.69. The topological polar surface area (TPSA) is 83.5 Å². The zero-order valence-electron chi connectivity index (χ0n) is 18.4. The van der Waals surface area contributed by atoms with Crippen molar-refractivity contribution in [2.45, 2.75) is 64.3 Å². The lowest BCUT2D eigenvalue weighted by Crippen LogP contribution is -2.49. The third-order valence-electron chi connectivity index (χ3n) is 7.86. The quantitative estimate of drug-likeness (QED) is 0.619. The maximum Gasteiger partial charge on any atom is 0.325 e. The molecule has 0 heterocycles. The molecule has 6 heteroatoms. The molecule has 4 aliphatic rings. The Morgan fingerprint density at radius 3 is 2.10 bits per heavy atom. The summed E-state index contributed by atoms with van der Waals surface area (Å²) in [5, 5.41) is 12.1. The molecule has 0 spiro atoms. The highest BCUT2D eigenvalue weighted by Gasteiger charge is 2.54. The van der Waals surface area contributed by atoms with E-state index < -0.39 is 17.9 Å². The van der Waals surface area contributed by atoms with E-state index in [2.05, 4.69) is 5.32 Å². The molecule has 0 unspecified atom stereocenters. The molecule has 4 fully saturated rings. The Bertz CT molecular complexity index is 804. The van der Waals surface area contributed by atoms with Crippen LogP contribution in [0.15, 0.2) is 30.3 Å². The number of aliphatic carboxylic acids is 1. The van der Waals surface area contributed by atoms with Crippen molar-refractivity contribution in [2.75, 3.05) is 5.75 Å². The minimum atomic E-state index is -1.06. The van der Waals surface area contributed by atoms with E-state index in [0.717, 1.165) is 24.8 Å². The van der Waals surface area contributed by atoms with Gasteiger partial charge in [0.15, 0.2) is 5.12 Å². The molecule has 0 saturated heterocycles. The van der Waals surface area contributed by atoms with Crippen LogP contribution in [0.1, 0.15) is 63.9 Å². The molecule has 3 atom stereocenters. The number of rotatable bonds is 8. The van der Waals surface area contributed by atoms with Crippen molar-refractivity contribution in [2.24, 2.45) is 29.1 Å². The average molecular weight is 444 g/mol. The molecule has 4 aliphatic carbocycles. The Labute approximate surface area is 188 Å². The van der Waals surface area contributed by atoms with Crippen LogP contribution >= 0.6 is 11.8 Å². The van der Waals surface area contributed by atoms with E-state index in [1.807, 2.05) is 37.3 Å². The van der Waals surface area contributed by atoms with Gasteiger partial charge < -0.3 is 10.4 Å². The van der Waals surface area contributed by atoms with Gasteiger partial charge in [-0.15, -0.1) is 0 Å². The summed E-state index contributed by atoms with van der Waals surface area (Å²) < 4.78 is 0. The number of amides is 1. The normalized spacial score (nSPS) is 31.6. The van der Waals surface area contributed by atoms with E-state index in [4.69, 9.17) is 0 Å². The molecule has 5 rings (SSSR count). The first-order valence-corrected chi connectivity index (χ1v) is 12.5.